The molecular weight excluding hydrogens is 260 g/mol. The molecule has 110 valence electrons. The summed E-state index contributed by atoms with van der Waals surface area (Å²) in [6.07, 6.45) is 0. The lowest BCUT2D eigenvalue weighted by Crippen LogP contribution is -2.49. The molecule has 0 aliphatic carbocycles. The number of ether oxygens (including phenoxy) is 1. The SMILES string of the molecule is COc1ccc(-c2ccc(N3CCNC(C)C3)cc2)cc1. The van der Waals surface area contributed by atoms with E-state index in [0.717, 1.165) is 25.4 Å². The van der Waals surface area contributed by atoms with Crippen molar-refractivity contribution in [2.75, 3.05) is 31.6 Å². The maximum Gasteiger partial charge on any atom is 0.118 e. The van der Waals surface area contributed by atoms with Crippen LogP contribution in [-0.2, 0) is 0 Å². The van der Waals surface area contributed by atoms with Crippen molar-refractivity contribution in [2.45, 2.75) is 13.0 Å². The fourth-order valence-corrected chi connectivity index (χ4v) is 2.82. The Bertz CT molecular complexity index is 577. The monoisotopic (exact) mass is 282 g/mol. The Morgan fingerprint density at radius 3 is 2.19 bits per heavy atom. The summed E-state index contributed by atoms with van der Waals surface area (Å²) in [6.45, 7) is 5.44. The van der Waals surface area contributed by atoms with Crippen LogP contribution in [0.25, 0.3) is 11.1 Å². The molecule has 3 nitrogen and oxygen atoms in total. The highest BCUT2D eigenvalue weighted by atomic mass is 16.5. The summed E-state index contributed by atoms with van der Waals surface area (Å²) in [4.78, 5) is 2.44. The third-order valence-electron chi connectivity index (χ3n) is 4.02. The van der Waals surface area contributed by atoms with Crippen molar-refractivity contribution in [3.8, 4) is 16.9 Å². The Balaban J connectivity index is 1.76. The molecule has 2 aromatic rings. The highest BCUT2D eigenvalue weighted by Gasteiger charge is 2.15. The average Bonchev–Trinajstić information content (AvgIpc) is 2.55. The van der Waals surface area contributed by atoms with Gasteiger partial charge in [-0.15, -0.1) is 0 Å². The van der Waals surface area contributed by atoms with Crippen LogP contribution < -0.4 is 15.0 Å². The quantitative estimate of drug-likeness (QED) is 0.936. The molecule has 1 aliphatic heterocycles. The van der Waals surface area contributed by atoms with Crippen LogP contribution in [0.4, 0.5) is 5.69 Å². The number of methoxy groups -OCH3 is 1. The lowest BCUT2D eigenvalue weighted by atomic mass is 10.0. The lowest BCUT2D eigenvalue weighted by molar-refractivity contribution is 0.415. The molecule has 2 aromatic carbocycles. The van der Waals surface area contributed by atoms with Crippen LogP contribution in [0.1, 0.15) is 6.92 Å². The van der Waals surface area contributed by atoms with E-state index in [-0.39, 0.29) is 0 Å². The van der Waals surface area contributed by atoms with E-state index >= 15 is 0 Å². The molecule has 1 saturated heterocycles. The van der Waals surface area contributed by atoms with E-state index in [4.69, 9.17) is 4.74 Å². The summed E-state index contributed by atoms with van der Waals surface area (Å²) in [5.41, 5.74) is 3.77. The number of hydrogen-bond donors (Lipinski definition) is 1. The van der Waals surface area contributed by atoms with Gasteiger partial charge in [0, 0.05) is 31.4 Å². The summed E-state index contributed by atoms with van der Waals surface area (Å²) in [6, 6.07) is 17.6. The van der Waals surface area contributed by atoms with Crippen molar-refractivity contribution in [3.63, 3.8) is 0 Å². The lowest BCUT2D eigenvalue weighted by Gasteiger charge is -2.33. The van der Waals surface area contributed by atoms with Crippen molar-refractivity contribution >= 4 is 5.69 Å². The first-order chi connectivity index (χ1) is 10.3. The Morgan fingerprint density at radius 2 is 1.62 bits per heavy atom. The molecule has 21 heavy (non-hydrogen) atoms. The minimum Gasteiger partial charge on any atom is -0.497 e. The van der Waals surface area contributed by atoms with Crippen LogP contribution in [0.15, 0.2) is 48.5 Å². The number of anilines is 1. The molecule has 1 fully saturated rings. The normalized spacial score (nSPS) is 18.6. The molecule has 1 heterocycles. The Hall–Kier alpha value is -2.00. The molecule has 0 saturated carbocycles. The molecule has 0 amide bonds. The first-order valence-corrected chi connectivity index (χ1v) is 7.49. The fraction of sp³-hybridized carbons (Fsp3) is 0.333. The fourth-order valence-electron chi connectivity index (χ4n) is 2.82. The van der Waals surface area contributed by atoms with Gasteiger partial charge in [0.15, 0.2) is 0 Å². The van der Waals surface area contributed by atoms with Crippen molar-refractivity contribution in [2.24, 2.45) is 0 Å². The van der Waals surface area contributed by atoms with E-state index in [1.807, 2.05) is 12.1 Å². The summed E-state index contributed by atoms with van der Waals surface area (Å²) < 4.78 is 5.20. The number of nitrogens with zero attached hydrogens (tertiary/aromatic N) is 1. The summed E-state index contributed by atoms with van der Waals surface area (Å²) in [5, 5.41) is 3.48. The molecule has 1 N–H and O–H groups in total. The molecular formula is C18H22N2O. The molecule has 0 radical (unpaired) electrons. The zero-order chi connectivity index (χ0) is 14.7. The van der Waals surface area contributed by atoms with Crippen LogP contribution in [0.5, 0.6) is 5.75 Å². The second-order valence-corrected chi connectivity index (χ2v) is 5.58. The van der Waals surface area contributed by atoms with Gasteiger partial charge >= 0.3 is 0 Å². The average molecular weight is 282 g/mol. The Labute approximate surface area is 126 Å². The maximum absolute atomic E-state index is 5.20. The second-order valence-electron chi connectivity index (χ2n) is 5.58. The Morgan fingerprint density at radius 1 is 1.00 bits per heavy atom. The predicted octanol–water partition coefficient (Wildman–Crippen LogP) is 3.16. The van der Waals surface area contributed by atoms with Crippen molar-refractivity contribution in [1.82, 2.24) is 5.32 Å². The first-order valence-electron chi connectivity index (χ1n) is 7.49. The van der Waals surface area contributed by atoms with Gasteiger partial charge in [0.25, 0.3) is 0 Å². The largest absolute Gasteiger partial charge is 0.497 e. The van der Waals surface area contributed by atoms with E-state index < -0.39 is 0 Å². The van der Waals surface area contributed by atoms with Crippen molar-refractivity contribution in [1.29, 1.82) is 0 Å². The van der Waals surface area contributed by atoms with E-state index in [1.54, 1.807) is 7.11 Å². The number of rotatable bonds is 3. The van der Waals surface area contributed by atoms with Gasteiger partial charge in [0.1, 0.15) is 5.75 Å². The standard InChI is InChI=1S/C18H22N2O/c1-14-13-20(12-11-19-14)17-7-3-15(4-8-17)16-5-9-18(21-2)10-6-16/h3-10,14,19H,11-13H2,1-2H3. The molecule has 0 aromatic heterocycles. The molecule has 0 spiro atoms. The summed E-state index contributed by atoms with van der Waals surface area (Å²) in [5.74, 6) is 0.894. The number of nitrogens with one attached hydrogen (secondary N) is 1. The Kier molecular flexibility index (Phi) is 4.11. The predicted molar refractivity (Wildman–Crippen MR) is 88.1 cm³/mol. The summed E-state index contributed by atoms with van der Waals surface area (Å²) >= 11 is 0. The van der Waals surface area contributed by atoms with Crippen molar-refractivity contribution in [3.05, 3.63) is 48.5 Å². The van der Waals surface area contributed by atoms with E-state index in [2.05, 4.69) is 53.5 Å². The van der Waals surface area contributed by atoms with E-state index in [0.29, 0.717) is 6.04 Å². The van der Waals surface area contributed by atoms with Gasteiger partial charge < -0.3 is 15.0 Å². The minimum atomic E-state index is 0.556. The molecule has 3 rings (SSSR count). The smallest absolute Gasteiger partial charge is 0.118 e. The molecule has 1 aliphatic rings. The highest BCUT2D eigenvalue weighted by molar-refractivity contribution is 5.67. The van der Waals surface area contributed by atoms with Gasteiger partial charge in [-0.25, -0.2) is 0 Å². The maximum atomic E-state index is 5.20. The van der Waals surface area contributed by atoms with Gasteiger partial charge in [0.2, 0.25) is 0 Å². The van der Waals surface area contributed by atoms with Crippen LogP contribution in [0, 0.1) is 0 Å². The third kappa shape index (κ3) is 3.19. The highest BCUT2D eigenvalue weighted by Crippen LogP contribution is 2.25. The van der Waals surface area contributed by atoms with Gasteiger partial charge in [-0.2, -0.15) is 0 Å². The van der Waals surface area contributed by atoms with Crippen LogP contribution in [0.3, 0.4) is 0 Å². The minimum absolute atomic E-state index is 0.556. The number of piperazine rings is 1. The van der Waals surface area contributed by atoms with Crippen LogP contribution in [-0.4, -0.2) is 32.8 Å². The van der Waals surface area contributed by atoms with Gasteiger partial charge in [0.05, 0.1) is 7.11 Å². The first kappa shape index (κ1) is 14.0. The van der Waals surface area contributed by atoms with E-state index in [1.165, 1.54) is 16.8 Å². The molecule has 3 heteroatoms. The van der Waals surface area contributed by atoms with Gasteiger partial charge in [-0.3, -0.25) is 0 Å². The zero-order valence-corrected chi connectivity index (χ0v) is 12.7. The third-order valence-corrected chi connectivity index (χ3v) is 4.02. The number of benzene rings is 2. The molecule has 1 atom stereocenters. The van der Waals surface area contributed by atoms with Gasteiger partial charge in [-0.05, 0) is 42.3 Å². The molecule has 0 bridgehead atoms. The van der Waals surface area contributed by atoms with E-state index in [9.17, 15) is 0 Å². The van der Waals surface area contributed by atoms with Crippen LogP contribution in [0.2, 0.25) is 0 Å². The van der Waals surface area contributed by atoms with Gasteiger partial charge in [-0.1, -0.05) is 24.3 Å². The summed E-state index contributed by atoms with van der Waals surface area (Å²) in [7, 11) is 1.69. The second kappa shape index (κ2) is 6.19. The number of hydrogen-bond acceptors (Lipinski definition) is 3. The van der Waals surface area contributed by atoms with Crippen molar-refractivity contribution < 1.29 is 4.74 Å². The molecule has 1 unspecified atom stereocenters. The topological polar surface area (TPSA) is 24.5 Å². The van der Waals surface area contributed by atoms with Crippen LogP contribution >= 0.6 is 0 Å². The zero-order valence-electron chi connectivity index (χ0n) is 12.7.